The Labute approximate surface area is 171 Å². The Bertz CT molecular complexity index is 1240. The van der Waals surface area contributed by atoms with E-state index in [4.69, 9.17) is 9.94 Å². The van der Waals surface area contributed by atoms with Crippen LogP contribution in [-0.4, -0.2) is 27.8 Å². The summed E-state index contributed by atoms with van der Waals surface area (Å²) < 4.78 is 29.1. The Morgan fingerprint density at radius 3 is 2.90 bits per heavy atom. The van der Waals surface area contributed by atoms with E-state index in [-0.39, 0.29) is 6.42 Å². The van der Waals surface area contributed by atoms with Gasteiger partial charge in [-0.3, -0.25) is 0 Å². The standard InChI is InChI=1S/C22H21F2N5O/c1-21-12-18-15(11-19(21)22(21,23)24)20(27-29(18)28-7-3-4-8-30-28)17-9-13-5-6-14(25-2)10-16(13)26-17/h3-10,19,25-26H,11-12H2,1-2H3/t19-,21+/m0/s1. The van der Waals surface area contributed by atoms with Gasteiger partial charge >= 0.3 is 0 Å². The molecule has 6 nitrogen and oxygen atoms in total. The molecule has 1 aromatic carbocycles. The lowest BCUT2D eigenvalue weighted by Crippen LogP contribution is -2.33. The van der Waals surface area contributed by atoms with Gasteiger partial charge in [-0.1, -0.05) is 13.0 Å². The molecule has 154 valence electrons. The Kier molecular flexibility index (Phi) is 3.31. The van der Waals surface area contributed by atoms with Crippen LogP contribution >= 0.6 is 0 Å². The fraction of sp³-hybridized carbons (Fsp3) is 0.318. The molecule has 3 aliphatic rings. The quantitative estimate of drug-likeness (QED) is 0.675. The maximum atomic E-state index is 14.6. The molecule has 3 aromatic rings. The molecule has 2 atom stereocenters. The van der Waals surface area contributed by atoms with E-state index in [1.165, 1.54) is 11.4 Å². The number of aromatic nitrogens is 3. The summed E-state index contributed by atoms with van der Waals surface area (Å²) in [5, 5.41) is 10.5. The average Bonchev–Trinajstić information content (AvgIpc) is 3.12. The molecule has 0 bridgehead atoms. The third kappa shape index (κ3) is 2.19. The van der Waals surface area contributed by atoms with Gasteiger partial charge in [-0.25, -0.2) is 8.78 Å². The lowest BCUT2D eigenvalue weighted by Gasteiger charge is -2.24. The van der Waals surface area contributed by atoms with Crippen LogP contribution in [0.3, 0.4) is 0 Å². The molecule has 0 amide bonds. The Balaban J connectivity index is 1.50. The summed E-state index contributed by atoms with van der Waals surface area (Å²) in [7, 11) is 1.87. The summed E-state index contributed by atoms with van der Waals surface area (Å²) in [6.45, 7) is 1.67. The molecular weight excluding hydrogens is 388 g/mol. The Morgan fingerprint density at radius 1 is 1.27 bits per heavy atom. The van der Waals surface area contributed by atoms with Gasteiger partial charge in [0.15, 0.2) is 0 Å². The minimum atomic E-state index is -2.66. The first-order valence-corrected chi connectivity index (χ1v) is 10.0. The summed E-state index contributed by atoms with van der Waals surface area (Å²) in [5.41, 5.74) is 4.09. The number of hydrogen-bond donors (Lipinski definition) is 2. The third-order valence-electron chi connectivity index (χ3n) is 6.82. The summed E-state index contributed by atoms with van der Waals surface area (Å²) in [4.78, 5) is 10.6. The van der Waals surface area contributed by atoms with Gasteiger partial charge in [0.05, 0.1) is 17.6 Å². The maximum absolute atomic E-state index is 14.6. The Morgan fingerprint density at radius 2 is 2.13 bits per heavy atom. The summed E-state index contributed by atoms with van der Waals surface area (Å²) >= 11 is 0. The highest BCUT2D eigenvalue weighted by atomic mass is 19.3. The molecule has 1 saturated carbocycles. The molecule has 6 rings (SSSR count). The van der Waals surface area contributed by atoms with Crippen LogP contribution < -0.4 is 10.5 Å². The van der Waals surface area contributed by atoms with E-state index in [9.17, 15) is 8.78 Å². The normalized spacial score (nSPS) is 25.7. The van der Waals surface area contributed by atoms with Gasteiger partial charge in [0.25, 0.3) is 5.92 Å². The molecule has 0 spiro atoms. The molecule has 1 aliphatic heterocycles. The van der Waals surface area contributed by atoms with E-state index in [1.807, 2.05) is 37.4 Å². The highest BCUT2D eigenvalue weighted by Gasteiger charge is 2.78. The van der Waals surface area contributed by atoms with Crippen molar-refractivity contribution < 1.29 is 13.6 Å². The predicted molar refractivity (Wildman–Crippen MR) is 111 cm³/mol. The zero-order chi connectivity index (χ0) is 20.7. The first-order valence-electron chi connectivity index (χ1n) is 10.0. The van der Waals surface area contributed by atoms with E-state index in [0.717, 1.165) is 33.5 Å². The minimum absolute atomic E-state index is 0.258. The van der Waals surface area contributed by atoms with Crippen molar-refractivity contribution in [1.82, 2.24) is 14.9 Å². The molecule has 0 saturated heterocycles. The molecule has 8 heteroatoms. The Hall–Kier alpha value is -3.29. The van der Waals surface area contributed by atoms with E-state index in [0.29, 0.717) is 12.1 Å². The van der Waals surface area contributed by atoms with E-state index in [2.05, 4.69) is 10.3 Å². The largest absolute Gasteiger partial charge is 0.388 e. The van der Waals surface area contributed by atoms with Crippen LogP contribution in [-0.2, 0) is 17.7 Å². The molecule has 2 N–H and O–H groups in total. The second kappa shape index (κ2) is 5.65. The number of hydroxylamine groups is 1. The van der Waals surface area contributed by atoms with Crippen LogP contribution in [0, 0.1) is 11.3 Å². The first kappa shape index (κ1) is 17.6. The van der Waals surface area contributed by atoms with Crippen molar-refractivity contribution in [2.24, 2.45) is 11.3 Å². The molecule has 1 fully saturated rings. The third-order valence-corrected chi connectivity index (χ3v) is 6.82. The molecule has 0 unspecified atom stereocenters. The topological polar surface area (TPSA) is 58.1 Å². The number of aromatic amines is 1. The van der Waals surface area contributed by atoms with Gasteiger partial charge in [-0.05, 0) is 36.8 Å². The number of allylic oxidation sites excluding steroid dienone is 2. The summed E-state index contributed by atoms with van der Waals surface area (Å²) in [6.07, 6.45) is 7.40. The fourth-order valence-corrected chi connectivity index (χ4v) is 4.88. The van der Waals surface area contributed by atoms with Crippen LogP contribution in [0.1, 0.15) is 18.2 Å². The fourth-order valence-electron chi connectivity index (χ4n) is 4.88. The van der Waals surface area contributed by atoms with E-state index >= 15 is 0 Å². The van der Waals surface area contributed by atoms with Crippen molar-refractivity contribution >= 4 is 16.6 Å². The monoisotopic (exact) mass is 409 g/mol. The second-order valence-electron chi connectivity index (χ2n) is 8.45. The molecule has 3 heterocycles. The molecule has 2 aromatic heterocycles. The first-order chi connectivity index (χ1) is 14.4. The van der Waals surface area contributed by atoms with Crippen molar-refractivity contribution in [3.8, 4) is 11.4 Å². The zero-order valence-corrected chi connectivity index (χ0v) is 16.6. The lowest BCUT2D eigenvalue weighted by molar-refractivity contribution is 0.0622. The maximum Gasteiger partial charge on any atom is 0.258 e. The van der Waals surface area contributed by atoms with Crippen LogP contribution in [0.2, 0.25) is 0 Å². The van der Waals surface area contributed by atoms with E-state index < -0.39 is 17.3 Å². The van der Waals surface area contributed by atoms with Gasteiger partial charge < -0.3 is 15.1 Å². The lowest BCUT2D eigenvalue weighted by atomic mass is 9.87. The molecule has 2 aliphatic carbocycles. The molecular formula is C22H21F2N5O. The van der Waals surface area contributed by atoms with Gasteiger partial charge in [-0.2, -0.15) is 0 Å². The van der Waals surface area contributed by atoms with Gasteiger partial charge in [0.1, 0.15) is 12.0 Å². The number of nitrogens with one attached hydrogen (secondary N) is 2. The highest BCUT2D eigenvalue weighted by molar-refractivity contribution is 5.88. The second-order valence-corrected chi connectivity index (χ2v) is 8.45. The number of H-pyrrole nitrogens is 1. The van der Waals surface area contributed by atoms with Crippen molar-refractivity contribution in [3.63, 3.8) is 0 Å². The number of nitrogens with zero attached hydrogens (tertiary/aromatic N) is 3. The van der Waals surface area contributed by atoms with Crippen molar-refractivity contribution in [1.29, 1.82) is 0 Å². The number of halogens is 2. The number of rotatable bonds is 3. The number of alkyl halides is 2. The van der Waals surface area contributed by atoms with Crippen LogP contribution in [0.5, 0.6) is 0 Å². The number of fused-ring (bicyclic) bond motifs is 3. The van der Waals surface area contributed by atoms with Gasteiger partial charge in [-0.15, -0.1) is 15.1 Å². The smallest absolute Gasteiger partial charge is 0.258 e. The summed E-state index contributed by atoms with van der Waals surface area (Å²) in [5.74, 6) is -3.30. The van der Waals surface area contributed by atoms with Gasteiger partial charge in [0, 0.05) is 47.0 Å². The van der Waals surface area contributed by atoms with Crippen molar-refractivity contribution in [3.05, 3.63) is 60.1 Å². The van der Waals surface area contributed by atoms with Crippen LogP contribution in [0.15, 0.2) is 48.9 Å². The average molecular weight is 409 g/mol. The van der Waals surface area contributed by atoms with Crippen LogP contribution in [0.25, 0.3) is 22.3 Å². The summed E-state index contributed by atoms with van der Waals surface area (Å²) in [6, 6.07) is 8.07. The molecule has 0 radical (unpaired) electrons. The predicted octanol–water partition coefficient (Wildman–Crippen LogP) is 4.35. The van der Waals surface area contributed by atoms with Gasteiger partial charge in [0.2, 0.25) is 0 Å². The van der Waals surface area contributed by atoms with E-state index in [1.54, 1.807) is 24.0 Å². The van der Waals surface area contributed by atoms with Crippen LogP contribution in [0.4, 0.5) is 14.5 Å². The van der Waals surface area contributed by atoms with Crippen molar-refractivity contribution in [2.45, 2.75) is 25.7 Å². The molecule has 30 heavy (non-hydrogen) atoms. The minimum Gasteiger partial charge on any atom is -0.388 e. The number of benzene rings is 1. The number of hydrogen-bond acceptors (Lipinski definition) is 4. The SMILES string of the molecule is CNc1ccc2cc(-c3nn(N4C=CC=CO4)c4c3C[C@@H]3C(F)(F)[C@]3(C)C4)[nH]c2c1. The zero-order valence-electron chi connectivity index (χ0n) is 16.6. The number of anilines is 1. The van der Waals surface area contributed by atoms with Crippen molar-refractivity contribution in [2.75, 3.05) is 17.5 Å². The highest BCUT2D eigenvalue weighted by Crippen LogP contribution is 2.70.